The van der Waals surface area contributed by atoms with Crippen molar-refractivity contribution in [2.45, 2.75) is 32.1 Å². The normalized spacial score (nSPS) is 13.9. The van der Waals surface area contributed by atoms with Gasteiger partial charge >= 0.3 is 0 Å². The molecule has 1 aliphatic rings. The van der Waals surface area contributed by atoms with Crippen molar-refractivity contribution in [3.63, 3.8) is 0 Å². The zero-order valence-corrected chi connectivity index (χ0v) is 13.7. The summed E-state index contributed by atoms with van der Waals surface area (Å²) in [6.07, 6.45) is 5.82. The molecule has 2 heterocycles. The monoisotopic (exact) mass is 325 g/mol. The van der Waals surface area contributed by atoms with Gasteiger partial charge in [-0.05, 0) is 37.8 Å². The maximum atomic E-state index is 6.00. The molecule has 0 amide bonds. The molecule has 0 fully saturated rings. The fraction of sp³-hybridized carbons (Fsp3) is 0.353. The standard InChI is InChI=1S/C17H19N5S/c18-16-11-5-1-2-6-12(11)21-17(22-16)19-10-9-15-20-13-7-3-4-8-14(13)23-15/h1-2,5-6H,3-4,7-10H2,(H3,18,19,21,22). The molecule has 23 heavy (non-hydrogen) atoms. The molecule has 0 saturated carbocycles. The van der Waals surface area contributed by atoms with Crippen molar-refractivity contribution in [2.75, 3.05) is 17.6 Å². The van der Waals surface area contributed by atoms with Crippen LogP contribution in [0.2, 0.25) is 0 Å². The van der Waals surface area contributed by atoms with Crippen molar-refractivity contribution in [1.82, 2.24) is 15.0 Å². The van der Waals surface area contributed by atoms with E-state index >= 15 is 0 Å². The number of rotatable bonds is 4. The molecular formula is C17H19N5S. The molecule has 118 valence electrons. The number of hydrogen-bond donors (Lipinski definition) is 2. The molecule has 0 unspecified atom stereocenters. The van der Waals surface area contributed by atoms with Crippen LogP contribution in [0, 0.1) is 0 Å². The van der Waals surface area contributed by atoms with Crippen LogP contribution in [0.4, 0.5) is 11.8 Å². The second-order valence-electron chi connectivity index (χ2n) is 5.81. The minimum absolute atomic E-state index is 0.516. The van der Waals surface area contributed by atoms with E-state index in [0.29, 0.717) is 11.8 Å². The predicted molar refractivity (Wildman–Crippen MR) is 94.9 cm³/mol. The van der Waals surface area contributed by atoms with Crippen LogP contribution < -0.4 is 11.1 Å². The Labute approximate surface area is 139 Å². The molecule has 0 saturated heterocycles. The molecule has 6 heteroatoms. The Kier molecular flexibility index (Phi) is 3.83. The Morgan fingerprint density at radius 2 is 1.96 bits per heavy atom. The van der Waals surface area contributed by atoms with Crippen molar-refractivity contribution in [2.24, 2.45) is 0 Å². The molecule has 3 aromatic rings. The van der Waals surface area contributed by atoms with Gasteiger partial charge in [0.2, 0.25) is 5.95 Å². The molecule has 2 aromatic heterocycles. The third-order valence-corrected chi connectivity index (χ3v) is 5.36. The number of nitrogens with one attached hydrogen (secondary N) is 1. The van der Waals surface area contributed by atoms with E-state index in [1.807, 2.05) is 35.6 Å². The smallest absolute Gasteiger partial charge is 0.225 e. The van der Waals surface area contributed by atoms with Crippen LogP contribution in [-0.4, -0.2) is 21.5 Å². The molecular weight excluding hydrogens is 306 g/mol. The van der Waals surface area contributed by atoms with Gasteiger partial charge < -0.3 is 11.1 Å². The summed E-state index contributed by atoms with van der Waals surface area (Å²) >= 11 is 1.86. The van der Waals surface area contributed by atoms with Crippen molar-refractivity contribution in [3.8, 4) is 0 Å². The lowest BCUT2D eigenvalue weighted by Crippen LogP contribution is -2.09. The summed E-state index contributed by atoms with van der Waals surface area (Å²) in [6, 6.07) is 7.79. The fourth-order valence-corrected chi connectivity index (χ4v) is 4.13. The summed E-state index contributed by atoms with van der Waals surface area (Å²) in [6.45, 7) is 0.768. The van der Waals surface area contributed by atoms with Crippen LogP contribution >= 0.6 is 11.3 Å². The molecule has 0 radical (unpaired) electrons. The Balaban J connectivity index is 1.44. The average molecular weight is 325 g/mol. The highest BCUT2D eigenvalue weighted by Crippen LogP contribution is 2.27. The van der Waals surface area contributed by atoms with Crippen molar-refractivity contribution in [1.29, 1.82) is 0 Å². The van der Waals surface area contributed by atoms with Gasteiger partial charge in [-0.2, -0.15) is 4.98 Å². The number of hydrogen-bond acceptors (Lipinski definition) is 6. The number of thiazole rings is 1. The first kappa shape index (κ1) is 14.4. The minimum atomic E-state index is 0.516. The number of anilines is 2. The molecule has 3 N–H and O–H groups in total. The van der Waals surface area contributed by atoms with Crippen LogP contribution in [-0.2, 0) is 19.3 Å². The Bertz CT molecular complexity index is 819. The second-order valence-corrected chi connectivity index (χ2v) is 6.98. The van der Waals surface area contributed by atoms with E-state index in [1.54, 1.807) is 0 Å². The lowest BCUT2D eigenvalue weighted by atomic mass is 10.0. The molecule has 0 atom stereocenters. The van der Waals surface area contributed by atoms with Gasteiger partial charge in [0.1, 0.15) is 5.82 Å². The molecule has 5 nitrogen and oxygen atoms in total. The van der Waals surface area contributed by atoms with Crippen molar-refractivity contribution < 1.29 is 0 Å². The molecule has 0 spiro atoms. The van der Waals surface area contributed by atoms with E-state index in [2.05, 4.69) is 15.3 Å². The van der Waals surface area contributed by atoms with Gasteiger partial charge in [-0.25, -0.2) is 9.97 Å². The van der Waals surface area contributed by atoms with Gasteiger partial charge in [0, 0.05) is 23.2 Å². The van der Waals surface area contributed by atoms with Gasteiger partial charge in [-0.1, -0.05) is 12.1 Å². The molecule has 0 aliphatic heterocycles. The number of fused-ring (bicyclic) bond motifs is 2. The van der Waals surface area contributed by atoms with Gasteiger partial charge in [0.25, 0.3) is 0 Å². The van der Waals surface area contributed by atoms with Crippen LogP contribution in [0.15, 0.2) is 24.3 Å². The number of aryl methyl sites for hydroxylation is 2. The number of nitrogens with zero attached hydrogens (tertiary/aromatic N) is 3. The second kappa shape index (κ2) is 6.12. The summed E-state index contributed by atoms with van der Waals surface area (Å²) in [7, 11) is 0. The molecule has 1 aliphatic carbocycles. The van der Waals surface area contributed by atoms with Crippen LogP contribution in [0.3, 0.4) is 0 Å². The van der Waals surface area contributed by atoms with E-state index in [4.69, 9.17) is 10.7 Å². The number of para-hydroxylation sites is 1. The first-order valence-electron chi connectivity index (χ1n) is 8.03. The lowest BCUT2D eigenvalue weighted by Gasteiger charge is -2.07. The maximum Gasteiger partial charge on any atom is 0.225 e. The first-order valence-corrected chi connectivity index (χ1v) is 8.85. The van der Waals surface area contributed by atoms with Gasteiger partial charge in [-0.3, -0.25) is 0 Å². The van der Waals surface area contributed by atoms with Gasteiger partial charge in [-0.15, -0.1) is 11.3 Å². The van der Waals surface area contributed by atoms with E-state index in [0.717, 1.165) is 30.3 Å². The summed E-state index contributed by atoms with van der Waals surface area (Å²) in [5.41, 5.74) is 8.19. The largest absolute Gasteiger partial charge is 0.383 e. The van der Waals surface area contributed by atoms with E-state index in [-0.39, 0.29) is 0 Å². The maximum absolute atomic E-state index is 6.00. The zero-order valence-electron chi connectivity index (χ0n) is 12.9. The van der Waals surface area contributed by atoms with Crippen LogP contribution in [0.1, 0.15) is 28.4 Å². The number of nitrogens with two attached hydrogens (primary N) is 1. The first-order chi connectivity index (χ1) is 11.3. The zero-order chi connectivity index (χ0) is 15.6. The van der Waals surface area contributed by atoms with Crippen LogP contribution in [0.5, 0.6) is 0 Å². The summed E-state index contributed by atoms with van der Waals surface area (Å²) in [4.78, 5) is 15.1. The van der Waals surface area contributed by atoms with Crippen molar-refractivity contribution in [3.05, 3.63) is 39.8 Å². The van der Waals surface area contributed by atoms with Gasteiger partial charge in [0.05, 0.1) is 16.2 Å². The van der Waals surface area contributed by atoms with E-state index in [1.165, 1.54) is 34.8 Å². The van der Waals surface area contributed by atoms with E-state index < -0.39 is 0 Å². The van der Waals surface area contributed by atoms with Gasteiger partial charge in [0.15, 0.2) is 0 Å². The lowest BCUT2D eigenvalue weighted by molar-refractivity contribution is 0.680. The SMILES string of the molecule is Nc1nc(NCCc2nc3c(s2)CCCC3)nc2ccccc12. The highest BCUT2D eigenvalue weighted by Gasteiger charge is 2.14. The minimum Gasteiger partial charge on any atom is -0.383 e. The Morgan fingerprint density at radius 3 is 2.87 bits per heavy atom. The summed E-state index contributed by atoms with van der Waals surface area (Å²) in [5, 5.41) is 5.37. The Morgan fingerprint density at radius 1 is 1.09 bits per heavy atom. The summed E-state index contributed by atoms with van der Waals surface area (Å²) in [5.74, 6) is 1.10. The molecule has 1 aromatic carbocycles. The highest BCUT2D eigenvalue weighted by molar-refractivity contribution is 7.11. The van der Waals surface area contributed by atoms with Crippen molar-refractivity contribution >= 4 is 34.0 Å². The van der Waals surface area contributed by atoms with E-state index in [9.17, 15) is 0 Å². The van der Waals surface area contributed by atoms with Crippen LogP contribution in [0.25, 0.3) is 10.9 Å². The number of aromatic nitrogens is 3. The predicted octanol–water partition coefficient (Wildman–Crippen LogP) is 3.20. The third kappa shape index (κ3) is 2.99. The number of benzene rings is 1. The third-order valence-electron chi connectivity index (χ3n) is 4.14. The summed E-state index contributed by atoms with van der Waals surface area (Å²) < 4.78 is 0. The molecule has 0 bridgehead atoms. The molecule has 4 rings (SSSR count). The average Bonchev–Trinajstić information content (AvgIpc) is 2.98. The number of nitrogen functional groups attached to an aromatic ring is 1. The quantitative estimate of drug-likeness (QED) is 0.770. The topological polar surface area (TPSA) is 76.7 Å². The Hall–Kier alpha value is -2.21. The highest BCUT2D eigenvalue weighted by atomic mass is 32.1. The fourth-order valence-electron chi connectivity index (χ4n) is 2.97.